The fourth-order valence-corrected chi connectivity index (χ4v) is 4.34. The van der Waals surface area contributed by atoms with E-state index >= 15 is 0 Å². The van der Waals surface area contributed by atoms with Gasteiger partial charge >= 0.3 is 0 Å². The molecule has 0 aliphatic rings. The van der Waals surface area contributed by atoms with Crippen molar-refractivity contribution in [2.45, 2.75) is 29.9 Å². The monoisotopic (exact) mass is 416 g/mol. The highest BCUT2D eigenvalue weighted by atomic mass is 32.2. The molecule has 1 heterocycles. The van der Waals surface area contributed by atoms with Crippen molar-refractivity contribution < 1.29 is 9.18 Å². The lowest BCUT2D eigenvalue weighted by Gasteiger charge is -2.10. The highest BCUT2D eigenvalue weighted by Crippen LogP contribution is 2.30. The zero-order valence-corrected chi connectivity index (χ0v) is 17.2. The molecule has 3 aromatic rings. The molecule has 2 N–H and O–H groups in total. The number of hydrogen-bond acceptors (Lipinski definition) is 6. The molecule has 1 aromatic heterocycles. The van der Waals surface area contributed by atoms with Crippen LogP contribution in [-0.4, -0.2) is 27.9 Å². The van der Waals surface area contributed by atoms with Gasteiger partial charge in [-0.25, -0.2) is 4.39 Å². The van der Waals surface area contributed by atoms with E-state index in [1.54, 1.807) is 12.1 Å². The van der Waals surface area contributed by atoms with Crippen molar-refractivity contribution in [3.05, 3.63) is 65.5 Å². The van der Waals surface area contributed by atoms with E-state index in [9.17, 15) is 9.18 Å². The van der Waals surface area contributed by atoms with Crippen LogP contribution in [-0.2, 0) is 11.2 Å². The second-order valence-corrected chi connectivity index (χ2v) is 8.86. The standard InChI is InChI=1S/C20H21FN4OS2/c1-13-3-9-17(10-4-13)23-19-24-25-20(28-19)27-14(2)18(26)22-12-11-15-5-7-16(21)8-6-15/h3-10,14H,11-12H2,1-2H3,(H,22,26)(H,23,24)/t14-/m1/s1. The van der Waals surface area contributed by atoms with Crippen molar-refractivity contribution in [1.29, 1.82) is 0 Å². The van der Waals surface area contributed by atoms with Crippen LogP contribution < -0.4 is 10.6 Å². The van der Waals surface area contributed by atoms with Gasteiger partial charge in [0.25, 0.3) is 0 Å². The van der Waals surface area contributed by atoms with Gasteiger partial charge in [0.05, 0.1) is 5.25 Å². The molecule has 0 fully saturated rings. The minimum absolute atomic E-state index is 0.0599. The molecule has 0 radical (unpaired) electrons. The smallest absolute Gasteiger partial charge is 0.233 e. The maximum absolute atomic E-state index is 12.9. The topological polar surface area (TPSA) is 66.9 Å². The molecular formula is C20H21FN4OS2. The largest absolute Gasteiger partial charge is 0.355 e. The summed E-state index contributed by atoms with van der Waals surface area (Å²) < 4.78 is 13.6. The lowest BCUT2D eigenvalue weighted by atomic mass is 10.1. The van der Waals surface area contributed by atoms with Gasteiger partial charge in [0.2, 0.25) is 11.0 Å². The minimum Gasteiger partial charge on any atom is -0.355 e. The molecule has 0 bridgehead atoms. The van der Waals surface area contributed by atoms with Crippen molar-refractivity contribution in [2.24, 2.45) is 0 Å². The Morgan fingerprint density at radius 2 is 1.86 bits per heavy atom. The normalized spacial score (nSPS) is 11.8. The molecule has 146 valence electrons. The van der Waals surface area contributed by atoms with Gasteiger partial charge in [0.15, 0.2) is 4.34 Å². The number of anilines is 2. The van der Waals surface area contributed by atoms with Crippen LogP contribution in [0.3, 0.4) is 0 Å². The van der Waals surface area contributed by atoms with E-state index in [1.807, 2.05) is 38.1 Å². The Hall–Kier alpha value is -2.45. The van der Waals surface area contributed by atoms with Gasteiger partial charge < -0.3 is 10.6 Å². The Morgan fingerprint density at radius 1 is 1.14 bits per heavy atom. The summed E-state index contributed by atoms with van der Waals surface area (Å²) in [5.74, 6) is -0.318. The SMILES string of the molecule is Cc1ccc(Nc2nnc(S[C@H](C)C(=O)NCCc3ccc(F)cc3)s2)cc1. The number of amides is 1. The van der Waals surface area contributed by atoms with Crippen LogP contribution in [0.2, 0.25) is 0 Å². The Kier molecular flexibility index (Phi) is 7.00. The fourth-order valence-electron chi connectivity index (χ4n) is 2.40. The van der Waals surface area contributed by atoms with Crippen LogP contribution in [0.5, 0.6) is 0 Å². The molecule has 0 unspecified atom stereocenters. The molecular weight excluding hydrogens is 395 g/mol. The zero-order chi connectivity index (χ0) is 19.9. The molecule has 0 saturated carbocycles. The van der Waals surface area contributed by atoms with Crippen LogP contribution in [0.1, 0.15) is 18.1 Å². The summed E-state index contributed by atoms with van der Waals surface area (Å²) in [6.07, 6.45) is 0.660. The number of aromatic nitrogens is 2. The first-order valence-corrected chi connectivity index (χ1v) is 10.6. The van der Waals surface area contributed by atoms with Gasteiger partial charge in [-0.05, 0) is 50.1 Å². The summed E-state index contributed by atoms with van der Waals surface area (Å²) in [4.78, 5) is 12.3. The van der Waals surface area contributed by atoms with E-state index in [-0.39, 0.29) is 17.0 Å². The van der Waals surface area contributed by atoms with Crippen molar-refractivity contribution in [1.82, 2.24) is 15.5 Å². The summed E-state index contributed by atoms with van der Waals surface area (Å²) in [6, 6.07) is 14.3. The molecule has 0 aliphatic heterocycles. The van der Waals surface area contributed by atoms with Crippen molar-refractivity contribution >= 4 is 39.8 Å². The van der Waals surface area contributed by atoms with Gasteiger partial charge in [-0.3, -0.25) is 4.79 Å². The molecule has 0 aliphatic carbocycles. The second kappa shape index (κ2) is 9.66. The molecule has 1 atom stereocenters. The number of nitrogens with one attached hydrogen (secondary N) is 2. The van der Waals surface area contributed by atoms with E-state index in [4.69, 9.17) is 0 Å². The third-order valence-electron chi connectivity index (χ3n) is 3.98. The number of benzene rings is 2. The summed E-state index contributed by atoms with van der Waals surface area (Å²) in [7, 11) is 0. The number of thioether (sulfide) groups is 1. The van der Waals surface area contributed by atoms with Gasteiger partial charge in [-0.15, -0.1) is 10.2 Å². The first-order chi connectivity index (χ1) is 13.5. The zero-order valence-electron chi connectivity index (χ0n) is 15.6. The summed E-state index contributed by atoms with van der Waals surface area (Å²) in [5.41, 5.74) is 3.13. The van der Waals surface area contributed by atoms with E-state index in [1.165, 1.54) is 40.8 Å². The van der Waals surface area contributed by atoms with Gasteiger partial charge in [0.1, 0.15) is 5.82 Å². The van der Waals surface area contributed by atoms with Crippen molar-refractivity contribution in [3.63, 3.8) is 0 Å². The lowest BCUT2D eigenvalue weighted by Crippen LogP contribution is -2.32. The number of halogens is 1. The highest BCUT2D eigenvalue weighted by molar-refractivity contribution is 8.02. The predicted molar refractivity (Wildman–Crippen MR) is 113 cm³/mol. The third kappa shape index (κ3) is 6.03. The molecule has 8 heteroatoms. The average Bonchev–Trinajstić information content (AvgIpc) is 3.12. The number of hydrogen-bond donors (Lipinski definition) is 2. The molecule has 2 aromatic carbocycles. The Labute approximate surface area is 171 Å². The van der Waals surface area contributed by atoms with Gasteiger partial charge in [0, 0.05) is 12.2 Å². The molecule has 5 nitrogen and oxygen atoms in total. The van der Waals surface area contributed by atoms with Gasteiger partial charge in [-0.2, -0.15) is 0 Å². The van der Waals surface area contributed by atoms with Crippen LogP contribution in [0.15, 0.2) is 52.9 Å². The lowest BCUT2D eigenvalue weighted by molar-refractivity contribution is -0.120. The number of aryl methyl sites for hydroxylation is 1. The van der Waals surface area contributed by atoms with Crippen molar-refractivity contribution in [3.8, 4) is 0 Å². The summed E-state index contributed by atoms with van der Waals surface area (Å²) in [5, 5.41) is 14.8. The fraction of sp³-hybridized carbons (Fsp3) is 0.250. The highest BCUT2D eigenvalue weighted by Gasteiger charge is 2.17. The number of carbonyl (C=O) groups excluding carboxylic acids is 1. The maximum Gasteiger partial charge on any atom is 0.233 e. The number of carbonyl (C=O) groups is 1. The predicted octanol–water partition coefficient (Wildman–Crippen LogP) is 4.57. The number of rotatable bonds is 8. The van der Waals surface area contributed by atoms with Gasteiger partial charge in [-0.1, -0.05) is 52.9 Å². The molecule has 1 amide bonds. The molecule has 0 saturated heterocycles. The Bertz CT molecular complexity index is 913. The minimum atomic E-state index is -0.284. The Balaban J connectivity index is 1.45. The van der Waals surface area contributed by atoms with Crippen LogP contribution in [0.25, 0.3) is 0 Å². The third-order valence-corrected chi connectivity index (χ3v) is 6.01. The van der Waals surface area contributed by atoms with E-state index in [0.717, 1.165) is 15.6 Å². The second-order valence-electron chi connectivity index (χ2n) is 6.29. The van der Waals surface area contributed by atoms with Crippen molar-refractivity contribution in [2.75, 3.05) is 11.9 Å². The van der Waals surface area contributed by atoms with Crippen LogP contribution >= 0.6 is 23.1 Å². The first kappa shape index (κ1) is 20.3. The summed E-state index contributed by atoms with van der Waals surface area (Å²) >= 11 is 2.79. The molecule has 3 rings (SSSR count). The van der Waals surface area contributed by atoms with E-state index < -0.39 is 0 Å². The average molecular weight is 417 g/mol. The number of nitrogens with zero attached hydrogens (tertiary/aromatic N) is 2. The quantitative estimate of drug-likeness (QED) is 0.527. The molecule has 0 spiro atoms. The van der Waals surface area contributed by atoms with E-state index in [0.29, 0.717) is 18.1 Å². The molecule has 28 heavy (non-hydrogen) atoms. The maximum atomic E-state index is 12.9. The Morgan fingerprint density at radius 3 is 2.57 bits per heavy atom. The summed E-state index contributed by atoms with van der Waals surface area (Å²) in [6.45, 7) is 4.38. The van der Waals surface area contributed by atoms with Crippen LogP contribution in [0.4, 0.5) is 15.2 Å². The first-order valence-electron chi connectivity index (χ1n) is 8.85. The van der Waals surface area contributed by atoms with Crippen LogP contribution in [0, 0.1) is 12.7 Å². The van der Waals surface area contributed by atoms with E-state index in [2.05, 4.69) is 20.8 Å².